The van der Waals surface area contributed by atoms with E-state index in [0.29, 0.717) is 6.10 Å². The number of likely N-dealkylation sites (tertiary alicyclic amines) is 1. The van der Waals surface area contributed by atoms with Gasteiger partial charge in [0, 0.05) is 25.5 Å². The SMILES string of the molecule is COC(C)CN1CCCC(CBr)C1. The molecule has 0 aromatic carbocycles. The van der Waals surface area contributed by atoms with Gasteiger partial charge in [-0.05, 0) is 32.2 Å². The quantitative estimate of drug-likeness (QED) is 0.709. The van der Waals surface area contributed by atoms with Crippen LogP contribution in [0.1, 0.15) is 19.8 Å². The number of hydrogen-bond acceptors (Lipinski definition) is 2. The average Bonchev–Trinajstić information content (AvgIpc) is 2.18. The van der Waals surface area contributed by atoms with Crippen LogP contribution in [-0.4, -0.2) is 43.1 Å². The highest BCUT2D eigenvalue weighted by molar-refractivity contribution is 9.09. The zero-order valence-corrected chi connectivity index (χ0v) is 10.2. The first-order valence-corrected chi connectivity index (χ1v) is 6.19. The van der Waals surface area contributed by atoms with E-state index in [1.165, 1.54) is 25.9 Å². The van der Waals surface area contributed by atoms with Crippen molar-refractivity contribution >= 4 is 15.9 Å². The molecule has 1 saturated heterocycles. The Morgan fingerprint density at radius 1 is 1.62 bits per heavy atom. The largest absolute Gasteiger partial charge is 0.380 e. The molecule has 2 unspecified atom stereocenters. The fraction of sp³-hybridized carbons (Fsp3) is 1.00. The second-order valence-electron chi connectivity index (χ2n) is 3.97. The van der Waals surface area contributed by atoms with Crippen LogP contribution in [-0.2, 0) is 4.74 Å². The Labute approximate surface area is 89.8 Å². The number of ether oxygens (including phenoxy) is 1. The zero-order valence-electron chi connectivity index (χ0n) is 8.63. The lowest BCUT2D eigenvalue weighted by Gasteiger charge is -2.33. The molecule has 1 heterocycles. The van der Waals surface area contributed by atoms with Crippen molar-refractivity contribution in [2.75, 3.05) is 32.1 Å². The monoisotopic (exact) mass is 249 g/mol. The fourth-order valence-electron chi connectivity index (χ4n) is 1.88. The molecule has 13 heavy (non-hydrogen) atoms. The molecule has 0 saturated carbocycles. The molecule has 1 aliphatic heterocycles. The summed E-state index contributed by atoms with van der Waals surface area (Å²) in [5.41, 5.74) is 0. The molecule has 0 radical (unpaired) electrons. The van der Waals surface area contributed by atoms with Crippen molar-refractivity contribution in [3.63, 3.8) is 0 Å². The number of piperidine rings is 1. The summed E-state index contributed by atoms with van der Waals surface area (Å²) >= 11 is 3.56. The predicted octanol–water partition coefficient (Wildman–Crippen LogP) is 2.13. The number of halogens is 1. The molecule has 1 aliphatic rings. The summed E-state index contributed by atoms with van der Waals surface area (Å²) in [4.78, 5) is 2.52. The van der Waals surface area contributed by atoms with E-state index in [9.17, 15) is 0 Å². The van der Waals surface area contributed by atoms with Gasteiger partial charge in [0.25, 0.3) is 0 Å². The molecule has 3 heteroatoms. The molecule has 0 N–H and O–H groups in total. The van der Waals surface area contributed by atoms with Gasteiger partial charge in [-0.3, -0.25) is 0 Å². The number of alkyl halides is 1. The van der Waals surface area contributed by atoms with Crippen molar-refractivity contribution in [3.8, 4) is 0 Å². The van der Waals surface area contributed by atoms with Crippen LogP contribution in [0.2, 0.25) is 0 Å². The second kappa shape index (κ2) is 5.99. The van der Waals surface area contributed by atoms with Crippen molar-refractivity contribution in [2.24, 2.45) is 5.92 Å². The third-order valence-electron chi connectivity index (χ3n) is 2.74. The van der Waals surface area contributed by atoms with Crippen LogP contribution in [0.4, 0.5) is 0 Å². The first-order valence-electron chi connectivity index (χ1n) is 5.07. The van der Waals surface area contributed by atoms with Crippen LogP contribution in [0.3, 0.4) is 0 Å². The van der Waals surface area contributed by atoms with E-state index in [4.69, 9.17) is 4.74 Å². The van der Waals surface area contributed by atoms with Gasteiger partial charge in [0.15, 0.2) is 0 Å². The molecule has 0 spiro atoms. The maximum Gasteiger partial charge on any atom is 0.0670 e. The normalized spacial score (nSPS) is 27.5. The molecule has 0 aliphatic carbocycles. The van der Waals surface area contributed by atoms with Gasteiger partial charge in [0.2, 0.25) is 0 Å². The van der Waals surface area contributed by atoms with E-state index in [0.717, 1.165) is 17.8 Å². The van der Waals surface area contributed by atoms with Crippen LogP contribution in [0.5, 0.6) is 0 Å². The summed E-state index contributed by atoms with van der Waals surface area (Å²) < 4.78 is 5.27. The first-order chi connectivity index (χ1) is 6.26. The Morgan fingerprint density at radius 3 is 3.00 bits per heavy atom. The van der Waals surface area contributed by atoms with Crippen LogP contribution >= 0.6 is 15.9 Å². The van der Waals surface area contributed by atoms with E-state index in [1.807, 2.05) is 0 Å². The number of hydrogen-bond donors (Lipinski definition) is 0. The van der Waals surface area contributed by atoms with Crippen LogP contribution in [0, 0.1) is 5.92 Å². The molecule has 0 aromatic heterocycles. The predicted molar refractivity (Wildman–Crippen MR) is 59.4 cm³/mol. The number of rotatable bonds is 4. The fourth-order valence-corrected chi connectivity index (χ4v) is 2.41. The first kappa shape index (κ1) is 11.5. The Bertz CT molecular complexity index is 141. The van der Waals surface area contributed by atoms with Gasteiger partial charge in [-0.1, -0.05) is 15.9 Å². The molecule has 0 bridgehead atoms. The Morgan fingerprint density at radius 2 is 2.38 bits per heavy atom. The maximum atomic E-state index is 5.27. The molecule has 1 fully saturated rings. The minimum atomic E-state index is 0.370. The third kappa shape index (κ3) is 3.96. The lowest BCUT2D eigenvalue weighted by molar-refractivity contribution is 0.0618. The summed E-state index contributed by atoms with van der Waals surface area (Å²) in [6, 6.07) is 0. The topological polar surface area (TPSA) is 12.5 Å². The van der Waals surface area contributed by atoms with Crippen LogP contribution in [0.15, 0.2) is 0 Å². The van der Waals surface area contributed by atoms with E-state index in [2.05, 4.69) is 27.8 Å². The standard InChI is InChI=1S/C10H20BrNO/c1-9(13-2)7-12-5-3-4-10(6-11)8-12/h9-10H,3-8H2,1-2H3. The Balaban J connectivity index is 2.25. The molecular weight excluding hydrogens is 230 g/mol. The minimum Gasteiger partial charge on any atom is -0.380 e. The van der Waals surface area contributed by atoms with Gasteiger partial charge in [-0.15, -0.1) is 0 Å². The summed E-state index contributed by atoms with van der Waals surface area (Å²) in [7, 11) is 1.79. The highest BCUT2D eigenvalue weighted by Gasteiger charge is 2.19. The summed E-state index contributed by atoms with van der Waals surface area (Å²) in [5.74, 6) is 0.845. The molecular formula is C10H20BrNO. The summed E-state index contributed by atoms with van der Waals surface area (Å²) in [6.07, 6.45) is 3.09. The van der Waals surface area contributed by atoms with Gasteiger partial charge >= 0.3 is 0 Å². The molecule has 0 amide bonds. The lowest BCUT2D eigenvalue weighted by atomic mass is 10.00. The molecule has 78 valence electrons. The van der Waals surface area contributed by atoms with Gasteiger partial charge in [0.1, 0.15) is 0 Å². The van der Waals surface area contributed by atoms with Crippen molar-refractivity contribution in [1.82, 2.24) is 4.90 Å². The Hall–Kier alpha value is 0.400. The van der Waals surface area contributed by atoms with E-state index in [-0.39, 0.29) is 0 Å². The molecule has 1 rings (SSSR count). The van der Waals surface area contributed by atoms with Gasteiger partial charge in [-0.25, -0.2) is 0 Å². The van der Waals surface area contributed by atoms with Crippen molar-refractivity contribution in [3.05, 3.63) is 0 Å². The van der Waals surface area contributed by atoms with E-state index < -0.39 is 0 Å². The van der Waals surface area contributed by atoms with E-state index >= 15 is 0 Å². The number of nitrogens with zero attached hydrogens (tertiary/aromatic N) is 1. The molecule has 2 atom stereocenters. The van der Waals surface area contributed by atoms with Crippen molar-refractivity contribution in [2.45, 2.75) is 25.9 Å². The minimum absolute atomic E-state index is 0.370. The van der Waals surface area contributed by atoms with Gasteiger partial charge in [-0.2, -0.15) is 0 Å². The van der Waals surface area contributed by atoms with Crippen molar-refractivity contribution < 1.29 is 4.74 Å². The smallest absolute Gasteiger partial charge is 0.0670 e. The van der Waals surface area contributed by atoms with Gasteiger partial charge in [0.05, 0.1) is 6.10 Å². The summed E-state index contributed by atoms with van der Waals surface area (Å²) in [6.45, 7) is 5.70. The van der Waals surface area contributed by atoms with E-state index in [1.54, 1.807) is 7.11 Å². The number of methoxy groups -OCH3 is 1. The average molecular weight is 250 g/mol. The lowest BCUT2D eigenvalue weighted by Crippen LogP contribution is -2.40. The highest BCUT2D eigenvalue weighted by atomic mass is 79.9. The zero-order chi connectivity index (χ0) is 9.68. The summed E-state index contributed by atoms with van der Waals surface area (Å²) in [5, 5.41) is 1.14. The maximum absolute atomic E-state index is 5.27. The van der Waals surface area contributed by atoms with Crippen molar-refractivity contribution in [1.29, 1.82) is 0 Å². The Kier molecular flexibility index (Phi) is 5.29. The third-order valence-corrected chi connectivity index (χ3v) is 3.65. The highest BCUT2D eigenvalue weighted by Crippen LogP contribution is 2.18. The van der Waals surface area contributed by atoms with Crippen LogP contribution < -0.4 is 0 Å². The molecule has 2 nitrogen and oxygen atoms in total. The van der Waals surface area contributed by atoms with Crippen LogP contribution in [0.25, 0.3) is 0 Å². The second-order valence-corrected chi connectivity index (χ2v) is 4.62. The molecule has 0 aromatic rings. The van der Waals surface area contributed by atoms with Gasteiger partial charge < -0.3 is 9.64 Å².